The Morgan fingerprint density at radius 3 is 2.21 bits per heavy atom. The molecule has 1 heterocycles. The summed E-state index contributed by atoms with van der Waals surface area (Å²) in [5.74, 6) is -0.760. The molecule has 0 aliphatic rings. The Morgan fingerprint density at radius 2 is 1.50 bits per heavy atom. The van der Waals surface area contributed by atoms with Gasteiger partial charge in [0.2, 0.25) is 11.2 Å². The second-order valence-corrected chi connectivity index (χ2v) is 6.23. The largest absolute Gasteiger partial charge is 0.452 e. The Hall–Kier alpha value is -4.06. The molecule has 0 aliphatic carbocycles. The first-order valence-corrected chi connectivity index (χ1v) is 8.52. The highest BCUT2D eigenvalue weighted by molar-refractivity contribution is 5.94. The minimum absolute atomic E-state index is 0.143. The number of benzene rings is 3. The molecule has 6 nitrogen and oxygen atoms in total. The molecular formula is C22H16N2O4. The number of carbonyl (C=O) groups excluding carboxylic acids is 1. The van der Waals surface area contributed by atoms with E-state index in [2.05, 4.69) is 0 Å². The fraction of sp³-hybridized carbons (Fsp3) is 0. The van der Waals surface area contributed by atoms with Gasteiger partial charge in [0, 0.05) is 16.9 Å². The maximum atomic E-state index is 13.0. The fourth-order valence-corrected chi connectivity index (χ4v) is 2.94. The Kier molecular flexibility index (Phi) is 4.29. The highest BCUT2D eigenvalue weighted by Crippen LogP contribution is 2.31. The van der Waals surface area contributed by atoms with Gasteiger partial charge in [-0.3, -0.25) is 4.79 Å². The van der Waals surface area contributed by atoms with Gasteiger partial charge in [0.1, 0.15) is 5.58 Å². The lowest BCUT2D eigenvalue weighted by molar-refractivity contribution is 0.0731. The van der Waals surface area contributed by atoms with E-state index in [0.29, 0.717) is 27.9 Å². The van der Waals surface area contributed by atoms with Crippen LogP contribution in [-0.4, -0.2) is 5.97 Å². The number of fused-ring (bicyclic) bond motifs is 1. The van der Waals surface area contributed by atoms with Gasteiger partial charge in [-0.1, -0.05) is 42.5 Å². The van der Waals surface area contributed by atoms with Crippen LogP contribution in [0.15, 0.2) is 82.0 Å². The minimum atomic E-state index is -0.751. The van der Waals surface area contributed by atoms with Crippen LogP contribution in [0.25, 0.3) is 22.3 Å². The lowest BCUT2D eigenvalue weighted by atomic mass is 10.1. The average Bonchev–Trinajstić information content (AvgIpc) is 2.70. The standard InChI is InChI=1S/C22H16N2O4/c23-15-10-14(11-16(24)12-15)22(26)28-21-19(25)17-8-4-5-9-18(17)27-20(21)13-6-2-1-3-7-13/h1-12H,23-24H2. The van der Waals surface area contributed by atoms with Crippen molar-refractivity contribution in [3.63, 3.8) is 0 Å². The topological polar surface area (TPSA) is 109 Å². The van der Waals surface area contributed by atoms with Crippen molar-refractivity contribution in [2.75, 3.05) is 11.5 Å². The second-order valence-electron chi connectivity index (χ2n) is 6.23. The van der Waals surface area contributed by atoms with E-state index in [9.17, 15) is 9.59 Å². The van der Waals surface area contributed by atoms with Crippen LogP contribution in [0, 0.1) is 0 Å². The molecule has 0 bridgehead atoms. The number of esters is 1. The van der Waals surface area contributed by atoms with E-state index in [1.807, 2.05) is 6.07 Å². The van der Waals surface area contributed by atoms with Gasteiger partial charge in [-0.2, -0.15) is 0 Å². The molecule has 0 atom stereocenters. The zero-order valence-corrected chi connectivity index (χ0v) is 14.7. The van der Waals surface area contributed by atoms with Crippen LogP contribution in [-0.2, 0) is 0 Å². The predicted molar refractivity (Wildman–Crippen MR) is 108 cm³/mol. The monoisotopic (exact) mass is 372 g/mol. The molecule has 0 unspecified atom stereocenters. The zero-order valence-electron chi connectivity index (χ0n) is 14.7. The van der Waals surface area contributed by atoms with Gasteiger partial charge in [-0.05, 0) is 30.3 Å². The molecule has 0 fully saturated rings. The quantitative estimate of drug-likeness (QED) is 0.418. The lowest BCUT2D eigenvalue weighted by Gasteiger charge is -2.11. The number of nitrogen functional groups attached to an aromatic ring is 2. The third kappa shape index (κ3) is 3.19. The van der Waals surface area contributed by atoms with Crippen LogP contribution in [0.2, 0.25) is 0 Å². The van der Waals surface area contributed by atoms with E-state index in [-0.39, 0.29) is 17.1 Å². The van der Waals surface area contributed by atoms with Gasteiger partial charge in [0.15, 0.2) is 5.76 Å². The molecular weight excluding hydrogens is 356 g/mol. The van der Waals surface area contributed by atoms with Gasteiger partial charge in [-0.15, -0.1) is 0 Å². The van der Waals surface area contributed by atoms with E-state index in [1.54, 1.807) is 48.5 Å². The van der Waals surface area contributed by atoms with Crippen molar-refractivity contribution < 1.29 is 13.9 Å². The van der Waals surface area contributed by atoms with Crippen molar-refractivity contribution in [1.82, 2.24) is 0 Å². The molecule has 4 rings (SSSR count). The zero-order chi connectivity index (χ0) is 19.7. The Bertz CT molecular complexity index is 1230. The number of para-hydroxylation sites is 1. The molecule has 4 N–H and O–H groups in total. The summed E-state index contributed by atoms with van der Waals surface area (Å²) in [6.07, 6.45) is 0. The summed E-state index contributed by atoms with van der Waals surface area (Å²) in [6.45, 7) is 0. The number of rotatable bonds is 3. The van der Waals surface area contributed by atoms with Gasteiger partial charge in [0.05, 0.1) is 10.9 Å². The molecule has 0 spiro atoms. The van der Waals surface area contributed by atoms with Gasteiger partial charge < -0.3 is 20.6 Å². The molecule has 0 saturated heterocycles. The number of ether oxygens (including phenoxy) is 1. The summed E-state index contributed by atoms with van der Waals surface area (Å²) in [7, 11) is 0. The van der Waals surface area contributed by atoms with Crippen LogP contribution in [0.5, 0.6) is 5.75 Å². The Balaban J connectivity index is 1.88. The summed E-state index contributed by atoms with van der Waals surface area (Å²) >= 11 is 0. The highest BCUT2D eigenvalue weighted by atomic mass is 16.5. The number of anilines is 2. The van der Waals surface area contributed by atoms with Crippen LogP contribution in [0.3, 0.4) is 0 Å². The van der Waals surface area contributed by atoms with Crippen molar-refractivity contribution >= 4 is 28.3 Å². The minimum Gasteiger partial charge on any atom is -0.452 e. The molecule has 0 saturated carbocycles. The Morgan fingerprint density at radius 1 is 0.857 bits per heavy atom. The van der Waals surface area contributed by atoms with Crippen molar-refractivity contribution in [3.05, 3.63) is 88.6 Å². The van der Waals surface area contributed by atoms with E-state index in [4.69, 9.17) is 20.6 Å². The van der Waals surface area contributed by atoms with Gasteiger partial charge in [-0.25, -0.2) is 4.79 Å². The SMILES string of the molecule is Nc1cc(N)cc(C(=O)Oc2c(-c3ccccc3)oc3ccccc3c2=O)c1. The van der Waals surface area contributed by atoms with E-state index in [0.717, 1.165) is 0 Å². The molecule has 6 heteroatoms. The fourth-order valence-electron chi connectivity index (χ4n) is 2.94. The summed E-state index contributed by atoms with van der Waals surface area (Å²) in [5, 5.41) is 0.317. The molecule has 0 aliphatic heterocycles. The normalized spacial score (nSPS) is 10.7. The lowest BCUT2D eigenvalue weighted by Crippen LogP contribution is -2.16. The maximum absolute atomic E-state index is 13.0. The van der Waals surface area contributed by atoms with Crippen LogP contribution < -0.4 is 21.6 Å². The second kappa shape index (κ2) is 6.92. The smallest absolute Gasteiger partial charge is 0.343 e. The number of carbonyl (C=O) groups is 1. The summed E-state index contributed by atoms with van der Waals surface area (Å²) < 4.78 is 11.4. The number of nitrogens with two attached hydrogens (primary N) is 2. The molecule has 4 aromatic rings. The average molecular weight is 372 g/mol. The third-order valence-electron chi connectivity index (χ3n) is 4.20. The van der Waals surface area contributed by atoms with E-state index in [1.165, 1.54) is 18.2 Å². The van der Waals surface area contributed by atoms with Crippen molar-refractivity contribution in [2.24, 2.45) is 0 Å². The third-order valence-corrected chi connectivity index (χ3v) is 4.20. The van der Waals surface area contributed by atoms with Crippen molar-refractivity contribution in [2.45, 2.75) is 0 Å². The molecule has 0 radical (unpaired) electrons. The summed E-state index contributed by atoms with van der Waals surface area (Å²) in [5.41, 5.74) is 12.9. The summed E-state index contributed by atoms with van der Waals surface area (Å²) in [4.78, 5) is 25.7. The van der Waals surface area contributed by atoms with E-state index < -0.39 is 11.4 Å². The van der Waals surface area contributed by atoms with Gasteiger partial charge >= 0.3 is 5.97 Å². The molecule has 1 aromatic heterocycles. The first kappa shape index (κ1) is 17.4. The number of hydrogen-bond acceptors (Lipinski definition) is 6. The van der Waals surface area contributed by atoms with E-state index >= 15 is 0 Å². The molecule has 3 aromatic carbocycles. The maximum Gasteiger partial charge on any atom is 0.343 e. The van der Waals surface area contributed by atoms with Gasteiger partial charge in [0.25, 0.3) is 0 Å². The highest BCUT2D eigenvalue weighted by Gasteiger charge is 2.21. The van der Waals surface area contributed by atoms with Crippen LogP contribution in [0.4, 0.5) is 11.4 Å². The predicted octanol–water partition coefficient (Wildman–Crippen LogP) is 3.84. The first-order valence-electron chi connectivity index (χ1n) is 8.52. The molecule has 0 amide bonds. The van der Waals surface area contributed by atoms with Crippen molar-refractivity contribution in [1.29, 1.82) is 0 Å². The van der Waals surface area contributed by atoms with Crippen LogP contribution in [0.1, 0.15) is 10.4 Å². The summed E-state index contributed by atoms with van der Waals surface area (Å²) in [6, 6.07) is 20.1. The Labute approximate surface area is 160 Å². The van der Waals surface area contributed by atoms with Crippen molar-refractivity contribution in [3.8, 4) is 17.1 Å². The van der Waals surface area contributed by atoms with Crippen LogP contribution >= 0.6 is 0 Å². The molecule has 28 heavy (non-hydrogen) atoms. The number of hydrogen-bond donors (Lipinski definition) is 2. The molecule has 138 valence electrons. The first-order chi connectivity index (χ1) is 13.5.